The number of fused-ring (bicyclic) bond motifs is 6. The van der Waals surface area contributed by atoms with Crippen molar-refractivity contribution in [1.82, 2.24) is 9.97 Å². The quantitative estimate of drug-likeness (QED) is 0.182. The molecule has 3 nitrogen and oxygen atoms in total. The third-order valence-corrected chi connectivity index (χ3v) is 8.96. The number of furan rings is 1. The van der Waals surface area contributed by atoms with Crippen LogP contribution >= 0.6 is 11.3 Å². The summed E-state index contributed by atoms with van der Waals surface area (Å²) in [5.74, 6) is 0. The Hall–Kier alpha value is -6.36. The van der Waals surface area contributed by atoms with Gasteiger partial charge in [0.25, 0.3) is 0 Å². The molecule has 0 unspecified atom stereocenters. The predicted octanol–water partition coefficient (Wildman–Crippen LogP) is 13.1. The van der Waals surface area contributed by atoms with Gasteiger partial charge in [-0.15, -0.1) is 11.3 Å². The van der Waals surface area contributed by atoms with Gasteiger partial charge in [-0.1, -0.05) is 133 Å². The normalized spacial score (nSPS) is 18.3. The lowest BCUT2D eigenvalue weighted by Gasteiger charge is -2.08. The zero-order valence-corrected chi connectivity index (χ0v) is 25.8. The van der Waals surface area contributed by atoms with E-state index < -0.39 is 173 Å². The molecule has 0 saturated carbocycles. The van der Waals surface area contributed by atoms with E-state index in [1.165, 1.54) is 18.2 Å². The zero-order valence-electron chi connectivity index (χ0n) is 49.0. The van der Waals surface area contributed by atoms with Gasteiger partial charge in [-0.25, -0.2) is 9.97 Å². The van der Waals surface area contributed by atoms with Crippen molar-refractivity contribution in [1.29, 1.82) is 0 Å². The van der Waals surface area contributed by atoms with Crippen molar-refractivity contribution in [2.75, 3.05) is 0 Å². The van der Waals surface area contributed by atoms with Crippen molar-refractivity contribution < 1.29 is 37.3 Å². The number of hydrogen-bond donors (Lipinski definition) is 0. The van der Waals surface area contributed by atoms with Gasteiger partial charge in [0.05, 0.1) is 32.9 Å². The maximum absolute atomic E-state index is 9.55. The topological polar surface area (TPSA) is 38.9 Å². The number of nitrogens with zero attached hydrogens (tertiary/aromatic N) is 2. The molecule has 0 aliphatic carbocycles. The van der Waals surface area contributed by atoms with E-state index >= 15 is 0 Å². The Morgan fingerprint density at radius 3 is 1.98 bits per heavy atom. The summed E-state index contributed by atoms with van der Waals surface area (Å²) in [7, 11) is 0. The molecule has 0 saturated heterocycles. The first-order chi connectivity index (χ1) is 34.8. The molecular weight excluding hydrogens is 629 g/mol. The molecule has 3 aromatic heterocycles. The van der Waals surface area contributed by atoms with Crippen LogP contribution in [0.5, 0.6) is 0 Å². The molecule has 4 heteroatoms. The fourth-order valence-electron chi connectivity index (χ4n) is 5.55. The first-order valence-electron chi connectivity index (χ1n) is 26.8. The first-order valence-corrected chi connectivity index (χ1v) is 15.6. The van der Waals surface area contributed by atoms with Gasteiger partial charge in [0.15, 0.2) is 5.58 Å². The molecule has 0 aliphatic rings. The summed E-state index contributed by atoms with van der Waals surface area (Å²) in [6.07, 6.45) is 1.05. The van der Waals surface area contributed by atoms with Gasteiger partial charge in [0.2, 0.25) is 0 Å². The van der Waals surface area contributed by atoms with Crippen LogP contribution in [-0.4, -0.2) is 9.97 Å². The average Bonchev–Trinajstić information content (AvgIpc) is 3.96. The largest absolute Gasteiger partial charge is 0.452 e. The van der Waals surface area contributed by atoms with Crippen LogP contribution in [-0.2, 0) is 0 Å². The lowest BCUT2D eigenvalue weighted by molar-refractivity contribution is 0.667. The van der Waals surface area contributed by atoms with Gasteiger partial charge >= 0.3 is 0 Å². The molecule has 0 N–H and O–H groups in total. The first kappa shape index (κ1) is 13.5. The summed E-state index contributed by atoms with van der Waals surface area (Å²) in [5.41, 5.74) is -4.20. The van der Waals surface area contributed by atoms with Crippen LogP contribution in [0.3, 0.4) is 0 Å². The van der Waals surface area contributed by atoms with Gasteiger partial charge in [-0.3, -0.25) is 0 Å². The number of benzene rings is 7. The smallest absolute Gasteiger partial charge is 0.180 e. The van der Waals surface area contributed by atoms with Crippen molar-refractivity contribution in [3.63, 3.8) is 0 Å². The van der Waals surface area contributed by atoms with Gasteiger partial charge in [-0.05, 0) is 74.8 Å². The van der Waals surface area contributed by atoms with E-state index in [1.54, 1.807) is 0 Å². The molecule has 0 atom stereocenters. The van der Waals surface area contributed by atoms with Gasteiger partial charge in [0, 0.05) is 31.1 Å². The minimum Gasteiger partial charge on any atom is -0.452 e. The van der Waals surface area contributed by atoms with Crippen LogP contribution < -0.4 is 0 Å². The average molecular weight is 681 g/mol. The Morgan fingerprint density at radius 2 is 1.14 bits per heavy atom. The molecule has 0 fully saturated rings. The number of aromatic nitrogens is 2. The fourth-order valence-corrected chi connectivity index (χ4v) is 6.62. The SMILES string of the molecule is [2H]c1c([2H])c([2H])c(-c2c([2H])c([2H])c([2H])c(-c3c([2H])c([2H])c(-c4ccc5oc6c(-c7c([2H])c([2H])c([2H])c(-c8c([2H])c([2H])c([2H])c9c8sc8c([2H])c([2H])c([2H])c([2H])c89)c7[2H])ncnc6c5c4)c([2H])c3[2H])c2[2H])c([2H])c1[2H]. The Balaban J connectivity index is 1.16. The fraction of sp³-hybridized carbons (Fsp3) is 0. The van der Waals surface area contributed by atoms with Gasteiger partial charge in [-0.2, -0.15) is 0 Å². The monoisotopic (exact) mass is 680 g/mol. The summed E-state index contributed by atoms with van der Waals surface area (Å²) in [4.78, 5) is 8.71. The molecular formula is C46H28N2OS. The molecule has 3 heterocycles. The highest BCUT2D eigenvalue weighted by atomic mass is 32.1. The molecule has 0 aliphatic heterocycles. The summed E-state index contributed by atoms with van der Waals surface area (Å²) in [6.45, 7) is 0. The van der Waals surface area contributed by atoms with E-state index in [0.717, 1.165) is 17.7 Å². The molecule has 0 bridgehead atoms. The summed E-state index contributed by atoms with van der Waals surface area (Å²) in [5, 5.41) is -0.0448. The van der Waals surface area contributed by atoms with E-state index in [0.29, 0.717) is 0 Å². The predicted molar refractivity (Wildman–Crippen MR) is 209 cm³/mol. The molecule has 7 aromatic carbocycles. The molecule has 50 heavy (non-hydrogen) atoms. The van der Waals surface area contributed by atoms with E-state index in [4.69, 9.17) is 35.9 Å². The van der Waals surface area contributed by atoms with E-state index in [1.807, 2.05) is 0 Å². The minimum atomic E-state index is -0.877. The third kappa shape index (κ3) is 4.80. The van der Waals surface area contributed by atoms with Crippen LogP contribution in [0.4, 0.5) is 0 Å². The second-order valence-corrected chi connectivity index (χ2v) is 11.7. The molecule has 0 radical (unpaired) electrons. The third-order valence-electron chi connectivity index (χ3n) is 7.84. The molecule has 234 valence electrons. The van der Waals surface area contributed by atoms with Crippen molar-refractivity contribution in [3.05, 3.63) is 170 Å². The standard InChI is InChI=1S/C46H28N2OS/c1-2-9-29(10-3-1)32-11-6-12-33(25-32)30-19-21-31(22-20-30)34-23-24-41-40(27-34)44-45(49-41)43(47-28-48-44)36-14-7-13-35(26-36)37-16-8-17-39-38-15-4-5-18-42(38)50-46(37)39/h1-28H/i1D,2D,3D,4D,5D,6D,7D,8D,9D,10D,11D,12D,13D,14D,15D,16D,17D,18D,19D,20D,21D,22D,25D,26D. The summed E-state index contributed by atoms with van der Waals surface area (Å²) < 4.78 is 216. The lowest BCUT2D eigenvalue weighted by atomic mass is 9.97. The second-order valence-electron chi connectivity index (χ2n) is 10.7. The van der Waals surface area contributed by atoms with Gasteiger partial charge < -0.3 is 4.42 Å². The highest BCUT2D eigenvalue weighted by Crippen LogP contribution is 2.41. The highest BCUT2D eigenvalue weighted by Gasteiger charge is 2.17. The van der Waals surface area contributed by atoms with Crippen molar-refractivity contribution in [3.8, 4) is 55.8 Å². The number of hydrogen-bond acceptors (Lipinski definition) is 4. The Morgan fingerprint density at radius 1 is 0.500 bits per heavy atom. The summed E-state index contributed by atoms with van der Waals surface area (Å²) in [6, 6.07) is -12.9. The summed E-state index contributed by atoms with van der Waals surface area (Å²) >= 11 is 0.762. The van der Waals surface area contributed by atoms with Crippen LogP contribution in [0.15, 0.2) is 174 Å². The Bertz CT molecular complexity index is 4210. The van der Waals surface area contributed by atoms with E-state index in [-0.39, 0.29) is 70.2 Å². The number of thiophene rings is 1. The van der Waals surface area contributed by atoms with Crippen molar-refractivity contribution >= 4 is 53.6 Å². The van der Waals surface area contributed by atoms with Crippen LogP contribution in [0, 0.1) is 0 Å². The van der Waals surface area contributed by atoms with Crippen LogP contribution in [0.1, 0.15) is 32.9 Å². The van der Waals surface area contributed by atoms with E-state index in [9.17, 15) is 1.37 Å². The lowest BCUT2D eigenvalue weighted by Crippen LogP contribution is -1.88. The zero-order chi connectivity index (χ0) is 53.9. The highest BCUT2D eigenvalue weighted by molar-refractivity contribution is 7.26. The van der Waals surface area contributed by atoms with Gasteiger partial charge in [0.1, 0.15) is 23.1 Å². The Labute approximate surface area is 326 Å². The molecule has 10 aromatic rings. The second kappa shape index (κ2) is 11.7. The van der Waals surface area contributed by atoms with Crippen molar-refractivity contribution in [2.45, 2.75) is 0 Å². The van der Waals surface area contributed by atoms with Crippen molar-refractivity contribution in [2.24, 2.45) is 0 Å². The molecule has 10 rings (SSSR count). The van der Waals surface area contributed by atoms with E-state index in [2.05, 4.69) is 9.97 Å². The molecule has 0 amide bonds. The minimum absolute atomic E-state index is 0.00866. The Kier molecular flexibility index (Phi) is 3.15. The maximum atomic E-state index is 9.55. The van der Waals surface area contributed by atoms with Crippen LogP contribution in [0.2, 0.25) is 0 Å². The van der Waals surface area contributed by atoms with Crippen LogP contribution in [0.25, 0.3) is 98.0 Å². The molecule has 0 spiro atoms. The maximum Gasteiger partial charge on any atom is 0.180 e. The number of rotatable bonds is 5.